The van der Waals surface area contributed by atoms with Crippen LogP contribution in [-0.4, -0.2) is 15.5 Å². The molecule has 2 N–H and O–H groups in total. The van der Waals surface area contributed by atoms with Gasteiger partial charge in [-0.1, -0.05) is 29.3 Å². The number of benzene rings is 2. The van der Waals surface area contributed by atoms with E-state index in [1.165, 1.54) is 4.57 Å². The minimum absolute atomic E-state index is 0.234. The first-order valence-corrected chi connectivity index (χ1v) is 8.65. The Balaban J connectivity index is 1.88. The van der Waals surface area contributed by atoms with Gasteiger partial charge < -0.3 is 14.9 Å². The van der Waals surface area contributed by atoms with Gasteiger partial charge in [0.25, 0.3) is 5.91 Å². The van der Waals surface area contributed by atoms with Crippen molar-refractivity contribution in [3.63, 3.8) is 0 Å². The number of hydrogen-bond acceptors (Lipinski definition) is 3. The van der Waals surface area contributed by atoms with Crippen LogP contribution in [-0.2, 0) is 13.1 Å². The van der Waals surface area contributed by atoms with Crippen LogP contribution < -0.4 is 16.4 Å². The lowest BCUT2D eigenvalue weighted by Gasteiger charge is -2.10. The van der Waals surface area contributed by atoms with Crippen LogP contribution in [0.4, 0.5) is 0 Å². The maximum absolute atomic E-state index is 12.4. The van der Waals surface area contributed by atoms with Crippen LogP contribution in [0, 0.1) is 0 Å². The van der Waals surface area contributed by atoms with Crippen LogP contribution >= 0.6 is 23.2 Å². The summed E-state index contributed by atoms with van der Waals surface area (Å²) in [6.07, 6.45) is 0. The third-order valence-electron chi connectivity index (χ3n) is 4.01. The van der Waals surface area contributed by atoms with Gasteiger partial charge in [0.15, 0.2) is 0 Å². The topological polar surface area (TPSA) is 84.0 Å². The van der Waals surface area contributed by atoms with Crippen LogP contribution in [0.2, 0.25) is 10.0 Å². The number of carbonyl (C=O) groups excluding carboxylic acids is 1. The predicted molar refractivity (Wildman–Crippen MR) is 102 cm³/mol. The molecule has 0 atom stereocenters. The zero-order valence-electron chi connectivity index (χ0n) is 13.8. The Bertz CT molecular complexity index is 1120. The molecule has 0 aliphatic rings. The zero-order chi connectivity index (χ0) is 18.8. The largest absolute Gasteiger partial charge is 0.348 e. The summed E-state index contributed by atoms with van der Waals surface area (Å²) in [6, 6.07) is 9.82. The molecule has 26 heavy (non-hydrogen) atoms. The average molecular weight is 392 g/mol. The Labute approximate surface area is 158 Å². The highest BCUT2D eigenvalue weighted by Crippen LogP contribution is 2.21. The van der Waals surface area contributed by atoms with E-state index in [0.717, 1.165) is 5.56 Å². The van der Waals surface area contributed by atoms with Gasteiger partial charge in [0, 0.05) is 28.7 Å². The maximum atomic E-state index is 12.4. The molecule has 1 amide bonds. The first kappa shape index (κ1) is 18.2. The number of halogens is 2. The summed E-state index contributed by atoms with van der Waals surface area (Å²) in [5, 5.41) is 3.75. The molecule has 134 valence electrons. The molecule has 0 bridgehead atoms. The molecule has 0 unspecified atom stereocenters. The number of aryl methyl sites for hydroxylation is 1. The maximum Gasteiger partial charge on any atom is 0.316 e. The molecule has 0 aliphatic carbocycles. The van der Waals surface area contributed by atoms with Gasteiger partial charge in [-0.05, 0) is 42.8 Å². The third kappa shape index (κ3) is 3.52. The van der Waals surface area contributed by atoms with Crippen molar-refractivity contribution in [2.45, 2.75) is 20.0 Å². The fraction of sp³-hybridized carbons (Fsp3) is 0.167. The van der Waals surface area contributed by atoms with E-state index in [0.29, 0.717) is 33.2 Å². The number of aromatic nitrogens is 2. The summed E-state index contributed by atoms with van der Waals surface area (Å²) in [7, 11) is 0. The fourth-order valence-electron chi connectivity index (χ4n) is 2.68. The Morgan fingerprint density at radius 1 is 1.15 bits per heavy atom. The molecule has 6 nitrogen and oxygen atoms in total. The predicted octanol–water partition coefficient (Wildman–Crippen LogP) is 2.95. The second-order valence-corrected chi connectivity index (χ2v) is 6.50. The highest BCUT2D eigenvalue weighted by atomic mass is 35.5. The number of fused-ring (bicyclic) bond motifs is 1. The van der Waals surface area contributed by atoms with Crippen molar-refractivity contribution in [1.29, 1.82) is 0 Å². The van der Waals surface area contributed by atoms with Crippen LogP contribution in [0.3, 0.4) is 0 Å². The van der Waals surface area contributed by atoms with E-state index in [4.69, 9.17) is 23.2 Å². The number of carbonyl (C=O) groups is 1. The van der Waals surface area contributed by atoms with Crippen molar-refractivity contribution < 1.29 is 4.79 Å². The van der Waals surface area contributed by atoms with E-state index >= 15 is 0 Å². The summed E-state index contributed by atoms with van der Waals surface area (Å²) in [5.74, 6) is -0.326. The lowest BCUT2D eigenvalue weighted by Crippen LogP contribution is -2.36. The van der Waals surface area contributed by atoms with Crippen LogP contribution in [0.15, 0.2) is 46.0 Å². The molecule has 0 saturated heterocycles. The van der Waals surface area contributed by atoms with E-state index in [-0.39, 0.29) is 12.5 Å². The summed E-state index contributed by atoms with van der Waals surface area (Å²) >= 11 is 11.9. The highest BCUT2D eigenvalue weighted by Gasteiger charge is 2.11. The van der Waals surface area contributed by atoms with E-state index in [2.05, 4.69) is 10.3 Å². The minimum Gasteiger partial charge on any atom is -0.348 e. The molecular weight excluding hydrogens is 377 g/mol. The molecule has 0 spiro atoms. The molecule has 1 heterocycles. The van der Waals surface area contributed by atoms with Crippen molar-refractivity contribution in [2.75, 3.05) is 0 Å². The van der Waals surface area contributed by atoms with Gasteiger partial charge in [-0.2, -0.15) is 0 Å². The van der Waals surface area contributed by atoms with E-state index < -0.39 is 11.1 Å². The van der Waals surface area contributed by atoms with Gasteiger partial charge in [-0.25, -0.2) is 0 Å². The van der Waals surface area contributed by atoms with Crippen LogP contribution in [0.25, 0.3) is 11.0 Å². The van der Waals surface area contributed by atoms with E-state index in [1.807, 2.05) is 0 Å². The second-order valence-electron chi connectivity index (χ2n) is 5.65. The second kappa shape index (κ2) is 7.35. The minimum atomic E-state index is -0.718. The summed E-state index contributed by atoms with van der Waals surface area (Å²) < 4.78 is 1.36. The van der Waals surface area contributed by atoms with Crippen molar-refractivity contribution in [2.24, 2.45) is 0 Å². The van der Waals surface area contributed by atoms with Crippen molar-refractivity contribution in [1.82, 2.24) is 14.9 Å². The number of nitrogens with one attached hydrogen (secondary N) is 2. The number of H-pyrrole nitrogens is 1. The molecular formula is C18H15Cl2N3O3. The molecule has 0 saturated carbocycles. The Kier molecular flexibility index (Phi) is 5.15. The average Bonchev–Trinajstić information content (AvgIpc) is 2.61. The number of hydrogen-bond donors (Lipinski definition) is 2. The fourth-order valence-corrected chi connectivity index (χ4v) is 3.15. The van der Waals surface area contributed by atoms with E-state index in [1.54, 1.807) is 43.3 Å². The van der Waals surface area contributed by atoms with Gasteiger partial charge in [-0.3, -0.25) is 14.4 Å². The van der Waals surface area contributed by atoms with Gasteiger partial charge in [0.05, 0.1) is 11.0 Å². The number of aromatic amines is 1. The lowest BCUT2D eigenvalue weighted by molar-refractivity contribution is 0.0951. The monoisotopic (exact) mass is 391 g/mol. The summed E-state index contributed by atoms with van der Waals surface area (Å²) in [4.78, 5) is 38.5. The lowest BCUT2D eigenvalue weighted by atomic mass is 10.1. The quantitative estimate of drug-likeness (QED) is 0.670. The van der Waals surface area contributed by atoms with E-state index in [9.17, 15) is 14.4 Å². The Hall–Kier alpha value is -2.57. The van der Waals surface area contributed by atoms with Crippen molar-refractivity contribution in [3.05, 3.63) is 78.3 Å². The molecule has 8 heteroatoms. The van der Waals surface area contributed by atoms with Gasteiger partial charge in [0.1, 0.15) is 0 Å². The number of nitrogens with zero attached hydrogens (tertiary/aromatic N) is 1. The molecule has 0 fully saturated rings. The zero-order valence-corrected chi connectivity index (χ0v) is 15.3. The van der Waals surface area contributed by atoms with Gasteiger partial charge in [-0.15, -0.1) is 0 Å². The number of amides is 1. The number of rotatable bonds is 4. The van der Waals surface area contributed by atoms with Gasteiger partial charge in [0.2, 0.25) is 0 Å². The molecule has 3 rings (SSSR count). The third-order valence-corrected chi connectivity index (χ3v) is 4.59. The normalized spacial score (nSPS) is 10.9. The molecule has 0 radical (unpaired) electrons. The smallest absolute Gasteiger partial charge is 0.316 e. The van der Waals surface area contributed by atoms with Crippen LogP contribution in [0.1, 0.15) is 22.8 Å². The molecule has 3 aromatic rings. The summed E-state index contributed by atoms with van der Waals surface area (Å²) in [5.41, 5.74) is 0.750. The first-order valence-electron chi connectivity index (χ1n) is 7.89. The molecule has 0 aliphatic heterocycles. The van der Waals surface area contributed by atoms with Gasteiger partial charge >= 0.3 is 11.1 Å². The SMILES string of the molecule is CCn1c(=O)c(=O)[nH]c2cc(C(=O)NCc3ccc(Cl)cc3Cl)ccc21. The van der Waals surface area contributed by atoms with Crippen LogP contribution in [0.5, 0.6) is 0 Å². The Morgan fingerprint density at radius 2 is 1.92 bits per heavy atom. The summed E-state index contributed by atoms with van der Waals surface area (Å²) in [6.45, 7) is 2.37. The molecule has 1 aromatic heterocycles. The Morgan fingerprint density at radius 3 is 2.62 bits per heavy atom. The van der Waals surface area contributed by atoms with Crippen molar-refractivity contribution >= 4 is 40.1 Å². The highest BCUT2D eigenvalue weighted by molar-refractivity contribution is 6.35. The van der Waals surface area contributed by atoms with Crippen molar-refractivity contribution in [3.8, 4) is 0 Å². The standard InChI is InChI=1S/C18H15Cl2N3O3/c1-2-23-15-6-4-10(7-14(15)22-17(25)18(23)26)16(24)21-9-11-3-5-12(19)8-13(11)20/h3-8H,2,9H2,1H3,(H,21,24)(H,22,25). The first-order chi connectivity index (χ1) is 12.4. The molecule has 2 aromatic carbocycles.